The van der Waals surface area contributed by atoms with E-state index in [0.717, 1.165) is 0 Å². The Bertz CT molecular complexity index is 235. The Morgan fingerprint density at radius 2 is 2.31 bits per heavy atom. The lowest BCUT2D eigenvalue weighted by atomic mass is 9.89. The molecular formula is C9H15NO3. The van der Waals surface area contributed by atoms with Crippen LogP contribution in [0.1, 0.15) is 27.2 Å². The van der Waals surface area contributed by atoms with Crippen molar-refractivity contribution in [2.75, 3.05) is 6.61 Å². The van der Waals surface area contributed by atoms with Gasteiger partial charge in [0, 0.05) is 12.0 Å². The van der Waals surface area contributed by atoms with Gasteiger partial charge in [0.25, 0.3) is 0 Å². The molecule has 0 saturated carbocycles. The molecule has 74 valence electrons. The number of carbonyl (C=O) groups is 2. The number of hydrogen-bond acceptors (Lipinski definition) is 3. The van der Waals surface area contributed by atoms with Gasteiger partial charge in [-0.25, -0.2) is 0 Å². The van der Waals surface area contributed by atoms with Crippen molar-refractivity contribution in [2.24, 2.45) is 5.92 Å². The summed E-state index contributed by atoms with van der Waals surface area (Å²) in [5, 5.41) is 2.74. The zero-order valence-corrected chi connectivity index (χ0v) is 8.22. The van der Waals surface area contributed by atoms with E-state index in [0.29, 0.717) is 6.61 Å². The van der Waals surface area contributed by atoms with E-state index in [1.165, 1.54) is 0 Å². The van der Waals surface area contributed by atoms with E-state index in [2.05, 4.69) is 5.32 Å². The molecule has 4 nitrogen and oxygen atoms in total. The maximum atomic E-state index is 11.4. The fourth-order valence-corrected chi connectivity index (χ4v) is 1.56. The van der Waals surface area contributed by atoms with Crippen LogP contribution < -0.4 is 5.32 Å². The molecule has 0 aromatic rings. The summed E-state index contributed by atoms with van der Waals surface area (Å²) in [5.74, 6) is -0.714. The first-order chi connectivity index (χ1) is 5.97. The molecule has 1 rings (SSSR count). The van der Waals surface area contributed by atoms with Crippen LogP contribution in [0, 0.1) is 5.92 Å². The van der Waals surface area contributed by atoms with Gasteiger partial charge in [-0.15, -0.1) is 0 Å². The van der Waals surface area contributed by atoms with E-state index >= 15 is 0 Å². The van der Waals surface area contributed by atoms with Crippen LogP contribution in [0.3, 0.4) is 0 Å². The molecule has 1 heterocycles. The number of ether oxygens (including phenoxy) is 1. The Labute approximate surface area is 77.6 Å². The van der Waals surface area contributed by atoms with E-state index in [9.17, 15) is 9.59 Å². The smallest absolute Gasteiger partial charge is 0.311 e. The van der Waals surface area contributed by atoms with E-state index < -0.39 is 5.54 Å². The number of esters is 1. The van der Waals surface area contributed by atoms with E-state index in [1.807, 2.05) is 13.8 Å². The van der Waals surface area contributed by atoms with Crippen LogP contribution in [0.15, 0.2) is 0 Å². The zero-order chi connectivity index (χ0) is 10.1. The molecule has 0 aromatic carbocycles. The van der Waals surface area contributed by atoms with Gasteiger partial charge < -0.3 is 10.1 Å². The second-order valence-corrected chi connectivity index (χ2v) is 3.78. The van der Waals surface area contributed by atoms with Crippen molar-refractivity contribution in [3.63, 3.8) is 0 Å². The fraction of sp³-hybridized carbons (Fsp3) is 0.778. The predicted molar refractivity (Wildman–Crippen MR) is 47.0 cm³/mol. The fourth-order valence-electron chi connectivity index (χ4n) is 1.56. The van der Waals surface area contributed by atoms with Gasteiger partial charge in [0.15, 0.2) is 0 Å². The highest BCUT2D eigenvalue weighted by Gasteiger charge is 2.44. The summed E-state index contributed by atoms with van der Waals surface area (Å²) >= 11 is 0. The third-order valence-corrected chi connectivity index (χ3v) is 2.29. The van der Waals surface area contributed by atoms with Gasteiger partial charge in [-0.1, -0.05) is 0 Å². The molecule has 0 spiro atoms. The first-order valence-corrected chi connectivity index (χ1v) is 4.45. The average molecular weight is 185 g/mol. The van der Waals surface area contributed by atoms with Crippen LogP contribution in [0.4, 0.5) is 0 Å². The Kier molecular flexibility index (Phi) is 2.59. The molecule has 1 aliphatic heterocycles. The number of hydrogen-bond donors (Lipinski definition) is 1. The summed E-state index contributed by atoms with van der Waals surface area (Å²) in [6.07, 6.45) is 0.242. The van der Waals surface area contributed by atoms with Gasteiger partial charge in [0.05, 0.1) is 12.5 Å². The summed E-state index contributed by atoms with van der Waals surface area (Å²) in [6.45, 7) is 5.79. The molecule has 0 aromatic heterocycles. The van der Waals surface area contributed by atoms with Crippen LogP contribution >= 0.6 is 0 Å². The van der Waals surface area contributed by atoms with Crippen molar-refractivity contribution in [2.45, 2.75) is 32.7 Å². The highest BCUT2D eigenvalue weighted by atomic mass is 16.5. The lowest BCUT2D eigenvalue weighted by Crippen LogP contribution is -2.42. The Morgan fingerprint density at radius 1 is 1.69 bits per heavy atom. The van der Waals surface area contributed by atoms with Gasteiger partial charge in [0.1, 0.15) is 0 Å². The number of nitrogens with one attached hydrogen (secondary N) is 1. The largest absolute Gasteiger partial charge is 0.466 e. The summed E-state index contributed by atoms with van der Waals surface area (Å²) in [5.41, 5.74) is -0.469. The molecule has 4 heteroatoms. The highest BCUT2D eigenvalue weighted by Crippen LogP contribution is 2.27. The second-order valence-electron chi connectivity index (χ2n) is 3.78. The number of rotatable bonds is 2. The first kappa shape index (κ1) is 10.0. The van der Waals surface area contributed by atoms with Gasteiger partial charge in [-0.05, 0) is 20.8 Å². The summed E-state index contributed by atoms with van der Waals surface area (Å²) in [6, 6.07) is 0. The molecule has 1 saturated heterocycles. The van der Waals surface area contributed by atoms with Gasteiger partial charge in [-0.2, -0.15) is 0 Å². The van der Waals surface area contributed by atoms with E-state index in [-0.39, 0.29) is 24.2 Å². The van der Waals surface area contributed by atoms with Crippen molar-refractivity contribution in [1.82, 2.24) is 5.32 Å². The van der Waals surface area contributed by atoms with E-state index in [1.54, 1.807) is 6.92 Å². The lowest BCUT2D eigenvalue weighted by Gasteiger charge is -2.24. The minimum Gasteiger partial charge on any atom is -0.466 e. The first-order valence-electron chi connectivity index (χ1n) is 4.45. The maximum Gasteiger partial charge on any atom is 0.311 e. The van der Waals surface area contributed by atoms with Crippen LogP contribution in [0.2, 0.25) is 0 Å². The van der Waals surface area contributed by atoms with Crippen LogP contribution in [-0.4, -0.2) is 24.0 Å². The van der Waals surface area contributed by atoms with Crippen molar-refractivity contribution >= 4 is 11.9 Å². The zero-order valence-electron chi connectivity index (χ0n) is 8.22. The van der Waals surface area contributed by atoms with E-state index in [4.69, 9.17) is 4.74 Å². The molecule has 1 fully saturated rings. The SMILES string of the molecule is CCOC(=O)[C@H]1CC(=O)NC1(C)C. The molecule has 1 N–H and O–H groups in total. The molecule has 0 radical (unpaired) electrons. The topological polar surface area (TPSA) is 55.4 Å². The van der Waals surface area contributed by atoms with Gasteiger partial charge >= 0.3 is 5.97 Å². The quantitative estimate of drug-likeness (QED) is 0.636. The predicted octanol–water partition coefficient (Wildman–Crippen LogP) is 0.464. The maximum absolute atomic E-state index is 11.4. The molecule has 13 heavy (non-hydrogen) atoms. The van der Waals surface area contributed by atoms with Crippen LogP contribution in [0.25, 0.3) is 0 Å². The second kappa shape index (κ2) is 3.36. The Hall–Kier alpha value is -1.06. The monoisotopic (exact) mass is 185 g/mol. The Morgan fingerprint density at radius 3 is 2.69 bits per heavy atom. The Balaban J connectivity index is 2.69. The van der Waals surface area contributed by atoms with Gasteiger partial charge in [-0.3, -0.25) is 9.59 Å². The lowest BCUT2D eigenvalue weighted by molar-refractivity contribution is -0.149. The average Bonchev–Trinajstić information content (AvgIpc) is 2.24. The normalized spacial score (nSPS) is 25.5. The third-order valence-electron chi connectivity index (χ3n) is 2.29. The minimum atomic E-state index is -0.469. The van der Waals surface area contributed by atoms with Crippen molar-refractivity contribution < 1.29 is 14.3 Å². The van der Waals surface area contributed by atoms with Crippen LogP contribution in [0.5, 0.6) is 0 Å². The summed E-state index contributed by atoms with van der Waals surface area (Å²) in [7, 11) is 0. The standard InChI is InChI=1S/C9H15NO3/c1-4-13-8(12)6-5-7(11)10-9(6,2)3/h6H,4-5H2,1-3H3,(H,10,11)/t6-/m1/s1. The van der Waals surface area contributed by atoms with Crippen molar-refractivity contribution in [3.8, 4) is 0 Å². The third kappa shape index (κ3) is 1.99. The van der Waals surface area contributed by atoms with Crippen molar-refractivity contribution in [1.29, 1.82) is 0 Å². The molecule has 1 atom stereocenters. The molecular weight excluding hydrogens is 170 g/mol. The number of amides is 1. The highest BCUT2D eigenvalue weighted by molar-refractivity contribution is 5.88. The van der Waals surface area contributed by atoms with Crippen LogP contribution in [-0.2, 0) is 14.3 Å². The molecule has 0 aliphatic carbocycles. The minimum absolute atomic E-state index is 0.0805. The van der Waals surface area contributed by atoms with Gasteiger partial charge in [0.2, 0.25) is 5.91 Å². The number of carbonyl (C=O) groups excluding carboxylic acids is 2. The molecule has 1 amide bonds. The summed E-state index contributed by atoms with van der Waals surface area (Å²) in [4.78, 5) is 22.5. The molecule has 0 bridgehead atoms. The summed E-state index contributed by atoms with van der Waals surface area (Å²) < 4.78 is 4.88. The molecule has 1 aliphatic rings. The van der Waals surface area contributed by atoms with Crippen molar-refractivity contribution in [3.05, 3.63) is 0 Å². The molecule has 0 unspecified atom stereocenters.